The van der Waals surface area contributed by atoms with Crippen LogP contribution < -0.4 is 25.3 Å². The van der Waals surface area contributed by atoms with Crippen LogP contribution in [0.3, 0.4) is 0 Å². The lowest BCUT2D eigenvalue weighted by Crippen LogP contribution is -2.60. The summed E-state index contributed by atoms with van der Waals surface area (Å²) in [5, 5.41) is 13.6. The number of ether oxygens (including phenoxy) is 2. The van der Waals surface area contributed by atoms with E-state index in [2.05, 4.69) is 20.2 Å². The summed E-state index contributed by atoms with van der Waals surface area (Å²) in [4.78, 5) is 50.5. The molecular formula is C33H34Cl2N6O6. The molecule has 3 aromatic heterocycles. The second-order valence-electron chi connectivity index (χ2n) is 12.6. The first-order chi connectivity index (χ1) is 22.4. The number of alkyl carbamates (subject to hydrolysis) is 1. The van der Waals surface area contributed by atoms with E-state index in [0.29, 0.717) is 64.9 Å². The zero-order valence-electron chi connectivity index (χ0n) is 26.1. The van der Waals surface area contributed by atoms with E-state index < -0.39 is 23.1 Å². The molecule has 0 radical (unpaired) electrons. The molecule has 1 amide bonds. The maximum Gasteiger partial charge on any atom is 0.407 e. The molecule has 2 fully saturated rings. The molecule has 2 N–H and O–H groups in total. The molecule has 0 unspecified atom stereocenters. The number of aromatic nitrogens is 3. The lowest BCUT2D eigenvalue weighted by atomic mass is 10.1. The van der Waals surface area contributed by atoms with Gasteiger partial charge in [0.15, 0.2) is 0 Å². The Morgan fingerprint density at radius 2 is 1.89 bits per heavy atom. The van der Waals surface area contributed by atoms with E-state index in [4.69, 9.17) is 32.7 Å². The predicted octanol–water partition coefficient (Wildman–Crippen LogP) is 5.55. The molecule has 0 saturated carbocycles. The molecule has 6 rings (SSSR count). The van der Waals surface area contributed by atoms with Crippen LogP contribution in [0.2, 0.25) is 10.0 Å². The summed E-state index contributed by atoms with van der Waals surface area (Å²) in [6, 6.07) is 10.3. The van der Waals surface area contributed by atoms with Gasteiger partial charge in [0, 0.05) is 37.4 Å². The highest BCUT2D eigenvalue weighted by Gasteiger charge is 2.31. The van der Waals surface area contributed by atoms with E-state index in [-0.39, 0.29) is 23.0 Å². The number of fused-ring (bicyclic) bond motifs is 1. The average molecular weight is 682 g/mol. The number of benzene rings is 1. The van der Waals surface area contributed by atoms with Crippen LogP contribution in [-0.2, 0) is 4.74 Å². The maximum atomic E-state index is 13.3. The van der Waals surface area contributed by atoms with E-state index in [1.54, 1.807) is 29.1 Å². The van der Waals surface area contributed by atoms with Crippen molar-refractivity contribution in [1.29, 1.82) is 0 Å². The minimum atomic E-state index is -1.34. The van der Waals surface area contributed by atoms with Gasteiger partial charge in [-0.3, -0.25) is 4.79 Å². The standard InChI is InChI=1S/C33H34Cl2N6O6/c1-33(2,3)47-32(45)38-19-15-39(16-19)28-9-8-20(14-37-28)41-17-23(31(43)44)29(42)22-12-25(35)27(13-26(22)41)40-11-5-6-21(40)18-46-30-24(34)7-4-10-36-30/h4,7-10,12-14,17,19,21H,5-6,11,15-16,18H2,1-3H3,(H,38,45)(H,43,44)/t21-/m1/s1. The van der Waals surface area contributed by atoms with Crippen LogP contribution in [0.1, 0.15) is 44.0 Å². The molecule has 14 heteroatoms. The maximum absolute atomic E-state index is 13.3. The Morgan fingerprint density at radius 3 is 2.57 bits per heavy atom. The number of amides is 1. The summed E-state index contributed by atoms with van der Waals surface area (Å²) >= 11 is 13.0. The number of hydrogen-bond donors (Lipinski definition) is 2. The Morgan fingerprint density at radius 1 is 1.11 bits per heavy atom. The molecular weight excluding hydrogens is 647 g/mol. The van der Waals surface area contributed by atoms with E-state index in [1.165, 1.54) is 12.3 Å². The minimum Gasteiger partial charge on any atom is -0.477 e. The zero-order chi connectivity index (χ0) is 33.5. The average Bonchev–Trinajstić information content (AvgIpc) is 3.46. The molecule has 2 saturated heterocycles. The van der Waals surface area contributed by atoms with Crippen LogP contribution >= 0.6 is 23.2 Å². The van der Waals surface area contributed by atoms with Crippen LogP contribution in [-0.4, -0.2) is 75.6 Å². The summed E-state index contributed by atoms with van der Waals surface area (Å²) in [6.45, 7) is 7.59. The molecule has 246 valence electrons. The highest BCUT2D eigenvalue weighted by molar-refractivity contribution is 6.34. The number of nitrogens with zero attached hydrogens (tertiary/aromatic N) is 5. The summed E-state index contributed by atoms with van der Waals surface area (Å²) in [5.41, 5.74) is 0.148. The summed E-state index contributed by atoms with van der Waals surface area (Å²) in [7, 11) is 0. The summed E-state index contributed by atoms with van der Waals surface area (Å²) < 4.78 is 12.9. The van der Waals surface area contributed by atoms with Crippen molar-refractivity contribution in [2.24, 2.45) is 0 Å². The second-order valence-corrected chi connectivity index (χ2v) is 13.4. The van der Waals surface area contributed by atoms with Crippen LogP contribution in [0, 0.1) is 0 Å². The van der Waals surface area contributed by atoms with Gasteiger partial charge in [-0.25, -0.2) is 19.6 Å². The SMILES string of the molecule is CC(C)(C)OC(=O)NC1CN(c2ccc(-n3cc(C(=O)O)c(=O)c4cc(Cl)c(N5CCC[C@@H]5COc5ncccc5Cl)cc43)cn2)C1. The third-order valence-electron chi connectivity index (χ3n) is 8.06. The third-order valence-corrected chi connectivity index (χ3v) is 8.65. The molecule has 12 nitrogen and oxygen atoms in total. The number of carboxylic acids is 1. The monoisotopic (exact) mass is 680 g/mol. The topological polar surface area (TPSA) is 139 Å². The number of carbonyl (C=O) groups is 2. The van der Waals surface area contributed by atoms with Crippen molar-refractivity contribution >= 4 is 57.7 Å². The number of rotatable bonds is 8. The van der Waals surface area contributed by atoms with Crippen molar-refractivity contribution < 1.29 is 24.2 Å². The molecule has 0 bridgehead atoms. The van der Waals surface area contributed by atoms with Gasteiger partial charge in [-0.2, -0.15) is 0 Å². The molecule has 0 spiro atoms. The van der Waals surface area contributed by atoms with Crippen LogP contribution in [0.15, 0.2) is 59.8 Å². The van der Waals surface area contributed by atoms with Gasteiger partial charge in [-0.05, 0) is 70.0 Å². The van der Waals surface area contributed by atoms with Gasteiger partial charge in [-0.1, -0.05) is 23.2 Å². The first kappa shape index (κ1) is 32.4. The van der Waals surface area contributed by atoms with E-state index in [9.17, 15) is 19.5 Å². The van der Waals surface area contributed by atoms with Gasteiger partial charge < -0.3 is 34.3 Å². The fourth-order valence-electron chi connectivity index (χ4n) is 5.84. The molecule has 2 aliphatic heterocycles. The molecule has 5 heterocycles. The normalized spacial score (nSPS) is 16.7. The van der Waals surface area contributed by atoms with Gasteiger partial charge in [0.05, 0.1) is 40.2 Å². The van der Waals surface area contributed by atoms with Gasteiger partial charge in [0.1, 0.15) is 28.6 Å². The molecule has 1 aromatic carbocycles. The number of nitrogens with one attached hydrogen (secondary N) is 1. The number of aromatic carboxylic acids is 1. The number of pyridine rings is 3. The van der Waals surface area contributed by atoms with Gasteiger partial charge in [0.25, 0.3) is 0 Å². The lowest BCUT2D eigenvalue weighted by molar-refractivity contribution is 0.0495. The zero-order valence-corrected chi connectivity index (χ0v) is 27.6. The molecule has 2 aliphatic rings. The third kappa shape index (κ3) is 6.93. The van der Waals surface area contributed by atoms with Crippen molar-refractivity contribution in [3.05, 3.63) is 80.8 Å². The van der Waals surface area contributed by atoms with Crippen molar-refractivity contribution in [1.82, 2.24) is 19.9 Å². The van der Waals surface area contributed by atoms with Crippen LogP contribution in [0.4, 0.5) is 16.3 Å². The number of carboxylic acid groups (broad SMARTS) is 1. The fraction of sp³-hybridized carbons (Fsp3) is 0.364. The summed E-state index contributed by atoms with van der Waals surface area (Å²) in [6.07, 6.45) is 5.84. The number of halogens is 2. The highest BCUT2D eigenvalue weighted by atomic mass is 35.5. The number of hydrogen-bond acceptors (Lipinski definition) is 9. The molecule has 1 atom stereocenters. The van der Waals surface area contributed by atoms with Crippen molar-refractivity contribution in [2.75, 3.05) is 36.0 Å². The van der Waals surface area contributed by atoms with E-state index in [1.807, 2.05) is 43.9 Å². The minimum absolute atomic E-state index is 0.0346. The molecule has 4 aromatic rings. The Kier molecular flexibility index (Phi) is 8.91. The van der Waals surface area contributed by atoms with Crippen molar-refractivity contribution in [3.63, 3.8) is 0 Å². The van der Waals surface area contributed by atoms with E-state index in [0.717, 1.165) is 12.8 Å². The van der Waals surface area contributed by atoms with Crippen molar-refractivity contribution in [2.45, 2.75) is 51.3 Å². The van der Waals surface area contributed by atoms with Gasteiger partial charge in [0.2, 0.25) is 11.3 Å². The first-order valence-electron chi connectivity index (χ1n) is 15.2. The largest absolute Gasteiger partial charge is 0.477 e. The fourth-order valence-corrected chi connectivity index (χ4v) is 6.29. The highest BCUT2D eigenvalue weighted by Crippen LogP contribution is 2.36. The Labute approximate surface area is 280 Å². The van der Waals surface area contributed by atoms with Gasteiger partial charge >= 0.3 is 12.1 Å². The summed E-state index contributed by atoms with van der Waals surface area (Å²) in [5.74, 6) is -0.300. The molecule has 47 heavy (non-hydrogen) atoms. The second kappa shape index (κ2) is 12.9. The Balaban J connectivity index is 1.27. The smallest absolute Gasteiger partial charge is 0.407 e. The first-order valence-corrected chi connectivity index (χ1v) is 16.0. The lowest BCUT2D eigenvalue weighted by Gasteiger charge is -2.40. The number of carbonyl (C=O) groups excluding carboxylic acids is 1. The quantitative estimate of drug-likeness (QED) is 0.244. The predicted molar refractivity (Wildman–Crippen MR) is 180 cm³/mol. The Bertz CT molecular complexity index is 1890. The van der Waals surface area contributed by atoms with Gasteiger partial charge in [-0.15, -0.1) is 0 Å². The van der Waals surface area contributed by atoms with Crippen LogP contribution in [0.5, 0.6) is 5.88 Å². The van der Waals surface area contributed by atoms with E-state index >= 15 is 0 Å². The number of anilines is 2. The van der Waals surface area contributed by atoms with Crippen LogP contribution in [0.25, 0.3) is 16.6 Å². The molecule has 0 aliphatic carbocycles. The Hall–Kier alpha value is -4.55. The van der Waals surface area contributed by atoms with Crippen molar-refractivity contribution in [3.8, 4) is 11.6 Å².